The molecule has 0 saturated heterocycles. The number of esters is 3. The highest BCUT2D eigenvalue weighted by Gasteiger charge is 2.19. The Hall–Kier alpha value is -5.23. The minimum Gasteiger partial charge on any atom is -0.462 e. The molecule has 0 spiro atoms. The third-order valence-corrected chi connectivity index (χ3v) is 13.2. The Balaban J connectivity index is 4.50. The van der Waals surface area contributed by atoms with Crippen LogP contribution in [-0.4, -0.2) is 37.2 Å². The summed E-state index contributed by atoms with van der Waals surface area (Å²) in [5.41, 5.74) is 0. The van der Waals surface area contributed by atoms with Crippen molar-refractivity contribution in [3.8, 4) is 0 Å². The van der Waals surface area contributed by atoms with Gasteiger partial charge in [-0.25, -0.2) is 0 Å². The van der Waals surface area contributed by atoms with Gasteiger partial charge in [-0.1, -0.05) is 268 Å². The fourth-order valence-corrected chi connectivity index (χ4v) is 8.31. The first kappa shape index (κ1) is 75.8. The van der Waals surface area contributed by atoms with Crippen molar-refractivity contribution in [2.75, 3.05) is 13.2 Å². The second-order valence-electron chi connectivity index (χ2n) is 20.9. The Morgan fingerprint density at radius 2 is 0.519 bits per heavy atom. The molecule has 0 N–H and O–H groups in total. The summed E-state index contributed by atoms with van der Waals surface area (Å²) >= 11 is 0. The SMILES string of the molecule is CC/C=C\C/C=C\C/C=C\C/C=C\C/C=C\C/C=C\C/C=C\C/C=C\C/C=C\CCCC(=O)OCC(COC(=O)CCCCCCC/C=C\C/C=C\CCC)OC(=O)CCCCCCCC/C=C\C/C=C\C/C=C\CCCCCCC. The van der Waals surface area contributed by atoms with E-state index < -0.39 is 6.10 Å². The van der Waals surface area contributed by atoms with E-state index in [4.69, 9.17) is 14.2 Å². The molecule has 6 heteroatoms. The second kappa shape index (κ2) is 67.3. The first-order chi connectivity index (χ1) is 40.0. The minimum atomic E-state index is -0.825. The lowest BCUT2D eigenvalue weighted by Gasteiger charge is -2.18. The number of rotatable bonds is 57. The molecule has 81 heavy (non-hydrogen) atoms. The third kappa shape index (κ3) is 65.5. The topological polar surface area (TPSA) is 78.9 Å². The van der Waals surface area contributed by atoms with Crippen LogP contribution in [0.2, 0.25) is 0 Å². The highest BCUT2D eigenvalue weighted by Crippen LogP contribution is 2.13. The number of hydrogen-bond donors (Lipinski definition) is 0. The summed E-state index contributed by atoms with van der Waals surface area (Å²) in [4.78, 5) is 38.3. The fourth-order valence-electron chi connectivity index (χ4n) is 8.31. The van der Waals surface area contributed by atoms with Crippen LogP contribution >= 0.6 is 0 Å². The van der Waals surface area contributed by atoms with Gasteiger partial charge in [0.2, 0.25) is 0 Å². The predicted octanol–water partition coefficient (Wildman–Crippen LogP) is 22.7. The number of ether oxygens (including phenoxy) is 3. The number of hydrogen-bond acceptors (Lipinski definition) is 6. The van der Waals surface area contributed by atoms with Crippen LogP contribution in [-0.2, 0) is 28.6 Å². The summed E-state index contributed by atoms with van der Waals surface area (Å²) in [6.07, 6.45) is 99.3. The molecule has 1 unspecified atom stereocenters. The van der Waals surface area contributed by atoms with Gasteiger partial charge in [0.1, 0.15) is 13.2 Å². The number of allylic oxidation sites excluding steroid dienone is 28. The molecular weight excluding hydrogens is 997 g/mol. The van der Waals surface area contributed by atoms with E-state index in [1.54, 1.807) is 0 Å². The lowest BCUT2D eigenvalue weighted by molar-refractivity contribution is -0.167. The Labute approximate surface area is 498 Å². The largest absolute Gasteiger partial charge is 0.462 e. The summed E-state index contributed by atoms with van der Waals surface area (Å²) in [6, 6.07) is 0. The highest BCUT2D eigenvalue weighted by atomic mass is 16.6. The van der Waals surface area contributed by atoms with Crippen LogP contribution in [0.25, 0.3) is 0 Å². The van der Waals surface area contributed by atoms with E-state index in [-0.39, 0.29) is 37.5 Å². The molecular formula is C75H118O6. The lowest BCUT2D eigenvalue weighted by Crippen LogP contribution is -2.30. The van der Waals surface area contributed by atoms with Crippen LogP contribution < -0.4 is 0 Å². The third-order valence-electron chi connectivity index (χ3n) is 13.2. The van der Waals surface area contributed by atoms with E-state index >= 15 is 0 Å². The molecule has 454 valence electrons. The van der Waals surface area contributed by atoms with Crippen molar-refractivity contribution in [3.63, 3.8) is 0 Å². The van der Waals surface area contributed by atoms with Crippen LogP contribution in [0.1, 0.15) is 265 Å². The molecule has 0 aliphatic carbocycles. The maximum Gasteiger partial charge on any atom is 0.306 e. The monoisotopic (exact) mass is 1110 g/mol. The molecule has 0 heterocycles. The van der Waals surface area contributed by atoms with Gasteiger partial charge in [0, 0.05) is 19.3 Å². The Kier molecular flexibility index (Phi) is 62.9. The summed E-state index contributed by atoms with van der Waals surface area (Å²) in [5.74, 6) is -1.01. The van der Waals surface area contributed by atoms with Crippen LogP contribution in [0.15, 0.2) is 170 Å². The van der Waals surface area contributed by atoms with Gasteiger partial charge in [0.25, 0.3) is 0 Å². The van der Waals surface area contributed by atoms with Crippen molar-refractivity contribution >= 4 is 17.9 Å². The maximum atomic E-state index is 12.9. The molecule has 0 aliphatic rings. The van der Waals surface area contributed by atoms with Gasteiger partial charge < -0.3 is 14.2 Å². The molecule has 0 amide bonds. The van der Waals surface area contributed by atoms with Crippen LogP contribution in [0, 0.1) is 0 Å². The predicted molar refractivity (Wildman–Crippen MR) is 352 cm³/mol. The molecule has 0 radical (unpaired) electrons. The zero-order valence-corrected chi connectivity index (χ0v) is 52.0. The van der Waals surface area contributed by atoms with Crippen LogP contribution in [0.4, 0.5) is 0 Å². The molecule has 6 nitrogen and oxygen atoms in total. The van der Waals surface area contributed by atoms with E-state index in [2.05, 4.69) is 191 Å². The van der Waals surface area contributed by atoms with Crippen molar-refractivity contribution < 1.29 is 28.6 Å². The molecule has 0 aromatic rings. The molecule has 0 rings (SSSR count). The van der Waals surface area contributed by atoms with Gasteiger partial charge in [0.05, 0.1) is 0 Å². The zero-order chi connectivity index (χ0) is 58.5. The van der Waals surface area contributed by atoms with Crippen molar-refractivity contribution in [2.45, 2.75) is 271 Å². The normalized spacial score (nSPS) is 13.3. The number of unbranched alkanes of at least 4 members (excludes halogenated alkanes) is 18. The van der Waals surface area contributed by atoms with Gasteiger partial charge in [-0.2, -0.15) is 0 Å². The fraction of sp³-hybridized carbons (Fsp3) is 0.587. The maximum absolute atomic E-state index is 12.9. The first-order valence-electron chi connectivity index (χ1n) is 32.6. The second-order valence-corrected chi connectivity index (χ2v) is 20.9. The van der Waals surface area contributed by atoms with Gasteiger partial charge in [0.15, 0.2) is 6.10 Å². The van der Waals surface area contributed by atoms with Crippen LogP contribution in [0.3, 0.4) is 0 Å². The van der Waals surface area contributed by atoms with Crippen LogP contribution in [0.5, 0.6) is 0 Å². The standard InChI is InChI=1S/C75H118O6/c1-4-7-10-13-16-19-22-25-27-29-31-33-34-35-36-37-38-39-40-42-43-45-47-50-53-56-59-62-65-68-74(77)80-71-72(70-79-73(76)67-64-61-58-55-52-49-24-21-18-15-12-9-6-3)81-75(78)69-66-63-60-57-54-51-48-46-44-41-32-30-28-26-23-20-17-14-11-8-5-2/h7,10,12,15-16,19,21,23-27,30-33,35-36,38-39,42-44,46-47,50,56,59,72H,4-6,8-9,11,13-14,17-18,20,22,28-29,34,37,40-41,45,48-49,51-55,57-58,60-71H2,1-3H3/b10-7-,15-12-,19-16-,24-21-,26-23-,27-25-,32-30-,33-31-,36-35-,39-38-,43-42-,46-44-,50-47-,59-56-. The van der Waals surface area contributed by atoms with Crippen molar-refractivity contribution in [1.82, 2.24) is 0 Å². The van der Waals surface area contributed by atoms with Gasteiger partial charge in [-0.15, -0.1) is 0 Å². The molecule has 0 aliphatic heterocycles. The smallest absolute Gasteiger partial charge is 0.306 e. The molecule has 0 saturated carbocycles. The average molecular weight is 1120 g/mol. The number of carbonyl (C=O) groups is 3. The van der Waals surface area contributed by atoms with E-state index in [1.165, 1.54) is 57.8 Å². The first-order valence-corrected chi connectivity index (χ1v) is 32.6. The van der Waals surface area contributed by atoms with E-state index in [9.17, 15) is 14.4 Å². The lowest BCUT2D eigenvalue weighted by atomic mass is 10.1. The molecule has 1 atom stereocenters. The Bertz CT molecular complexity index is 1860. The van der Waals surface area contributed by atoms with Crippen molar-refractivity contribution in [3.05, 3.63) is 170 Å². The molecule has 0 fully saturated rings. The zero-order valence-electron chi connectivity index (χ0n) is 52.0. The van der Waals surface area contributed by atoms with Gasteiger partial charge in [-0.05, 0) is 148 Å². The average Bonchev–Trinajstić information content (AvgIpc) is 3.46. The quantitative estimate of drug-likeness (QED) is 0.0261. The Morgan fingerprint density at radius 3 is 0.852 bits per heavy atom. The van der Waals surface area contributed by atoms with Crippen molar-refractivity contribution in [1.29, 1.82) is 0 Å². The van der Waals surface area contributed by atoms with E-state index in [0.29, 0.717) is 19.3 Å². The van der Waals surface area contributed by atoms with Gasteiger partial charge >= 0.3 is 17.9 Å². The van der Waals surface area contributed by atoms with Crippen molar-refractivity contribution in [2.24, 2.45) is 0 Å². The van der Waals surface area contributed by atoms with E-state index in [1.807, 2.05) is 0 Å². The molecule has 0 bridgehead atoms. The molecule has 0 aromatic heterocycles. The summed E-state index contributed by atoms with van der Waals surface area (Å²) in [6.45, 7) is 6.37. The molecule has 0 aromatic carbocycles. The van der Waals surface area contributed by atoms with Gasteiger partial charge in [-0.3, -0.25) is 14.4 Å². The highest BCUT2D eigenvalue weighted by molar-refractivity contribution is 5.71. The number of carbonyl (C=O) groups excluding carboxylic acids is 3. The Morgan fingerprint density at radius 1 is 0.259 bits per heavy atom. The van der Waals surface area contributed by atoms with E-state index in [0.717, 1.165) is 161 Å². The minimum absolute atomic E-state index is 0.116. The summed E-state index contributed by atoms with van der Waals surface area (Å²) < 4.78 is 16.8. The summed E-state index contributed by atoms with van der Waals surface area (Å²) in [5, 5.41) is 0. The summed E-state index contributed by atoms with van der Waals surface area (Å²) in [7, 11) is 0.